The lowest BCUT2D eigenvalue weighted by Crippen LogP contribution is -2.29. The zero-order valence-corrected chi connectivity index (χ0v) is 19.2. The van der Waals surface area contributed by atoms with Crippen LogP contribution in [0.4, 0.5) is 5.69 Å². The Bertz CT molecular complexity index is 1250. The minimum absolute atomic E-state index is 0.0212. The molecule has 164 valence electrons. The number of hydrogen-bond acceptors (Lipinski definition) is 6. The number of aliphatic hydroxyl groups excluding tert-OH is 1. The molecule has 1 aromatic heterocycles. The SMILES string of the molecule is COc1ccc(OC)c(/C(O)=C2/C(=O)C(=O)N(c3cccc(Cl)c3)C2c2sccc2C)c1. The van der Waals surface area contributed by atoms with Gasteiger partial charge in [-0.25, -0.2) is 0 Å². The highest BCUT2D eigenvalue weighted by Crippen LogP contribution is 2.46. The predicted molar refractivity (Wildman–Crippen MR) is 125 cm³/mol. The van der Waals surface area contributed by atoms with Crippen LogP contribution in [-0.4, -0.2) is 31.0 Å². The number of benzene rings is 2. The summed E-state index contributed by atoms with van der Waals surface area (Å²) in [6.45, 7) is 1.90. The lowest BCUT2D eigenvalue weighted by atomic mass is 9.97. The van der Waals surface area contributed by atoms with Crippen LogP contribution in [-0.2, 0) is 9.59 Å². The van der Waals surface area contributed by atoms with Crippen molar-refractivity contribution < 1.29 is 24.2 Å². The molecule has 8 heteroatoms. The fourth-order valence-electron chi connectivity index (χ4n) is 3.78. The van der Waals surface area contributed by atoms with Gasteiger partial charge in [0.05, 0.1) is 25.4 Å². The summed E-state index contributed by atoms with van der Waals surface area (Å²) in [5.41, 5.74) is 1.61. The van der Waals surface area contributed by atoms with E-state index in [2.05, 4.69) is 0 Å². The van der Waals surface area contributed by atoms with Gasteiger partial charge in [0.2, 0.25) is 0 Å². The van der Waals surface area contributed by atoms with E-state index in [4.69, 9.17) is 21.1 Å². The lowest BCUT2D eigenvalue weighted by Gasteiger charge is -2.25. The van der Waals surface area contributed by atoms with Gasteiger partial charge < -0.3 is 14.6 Å². The van der Waals surface area contributed by atoms with Crippen LogP contribution in [0.5, 0.6) is 11.5 Å². The number of aryl methyl sites for hydroxylation is 1. The van der Waals surface area contributed by atoms with Gasteiger partial charge in [-0.2, -0.15) is 0 Å². The number of rotatable bonds is 5. The molecule has 1 unspecified atom stereocenters. The number of ether oxygens (including phenoxy) is 2. The highest BCUT2D eigenvalue weighted by atomic mass is 35.5. The Morgan fingerprint density at radius 3 is 2.50 bits per heavy atom. The van der Waals surface area contributed by atoms with Crippen molar-refractivity contribution in [2.75, 3.05) is 19.1 Å². The maximum Gasteiger partial charge on any atom is 0.300 e. The van der Waals surface area contributed by atoms with E-state index in [0.29, 0.717) is 22.2 Å². The molecule has 2 heterocycles. The molecule has 1 fully saturated rings. The zero-order valence-electron chi connectivity index (χ0n) is 17.6. The molecule has 2 aromatic carbocycles. The van der Waals surface area contributed by atoms with Crippen LogP contribution in [0.1, 0.15) is 22.0 Å². The number of halogens is 1. The van der Waals surface area contributed by atoms with Gasteiger partial charge in [0.25, 0.3) is 11.7 Å². The van der Waals surface area contributed by atoms with E-state index in [1.807, 2.05) is 18.4 Å². The number of carbonyl (C=O) groups is 2. The summed E-state index contributed by atoms with van der Waals surface area (Å²) in [5.74, 6) is -1.04. The van der Waals surface area contributed by atoms with Crippen LogP contribution >= 0.6 is 22.9 Å². The maximum atomic E-state index is 13.3. The van der Waals surface area contributed by atoms with Gasteiger partial charge in [-0.3, -0.25) is 14.5 Å². The minimum Gasteiger partial charge on any atom is -0.507 e. The number of methoxy groups -OCH3 is 2. The second kappa shape index (κ2) is 8.68. The van der Waals surface area contributed by atoms with Gasteiger partial charge in [0, 0.05) is 15.6 Å². The van der Waals surface area contributed by atoms with Crippen molar-refractivity contribution in [1.29, 1.82) is 0 Å². The van der Waals surface area contributed by atoms with Crippen molar-refractivity contribution in [3.05, 3.63) is 80.5 Å². The van der Waals surface area contributed by atoms with Gasteiger partial charge in [-0.05, 0) is 60.3 Å². The van der Waals surface area contributed by atoms with Crippen LogP contribution in [0.2, 0.25) is 5.02 Å². The Morgan fingerprint density at radius 2 is 1.88 bits per heavy atom. The number of amides is 1. The molecule has 1 N–H and O–H groups in total. The molecule has 0 bridgehead atoms. The number of ketones is 1. The molecule has 4 rings (SSSR count). The molecule has 0 aliphatic carbocycles. The summed E-state index contributed by atoms with van der Waals surface area (Å²) in [4.78, 5) is 28.6. The third kappa shape index (κ3) is 3.63. The van der Waals surface area contributed by atoms with Crippen molar-refractivity contribution in [3.63, 3.8) is 0 Å². The average Bonchev–Trinajstić information content (AvgIpc) is 3.33. The minimum atomic E-state index is -0.815. The number of aliphatic hydroxyl groups is 1. The Balaban J connectivity index is 1.99. The van der Waals surface area contributed by atoms with Crippen LogP contribution in [0.3, 0.4) is 0 Å². The van der Waals surface area contributed by atoms with Crippen molar-refractivity contribution in [2.45, 2.75) is 13.0 Å². The summed E-state index contributed by atoms with van der Waals surface area (Å²) >= 11 is 7.57. The number of carbonyl (C=O) groups excluding carboxylic acids is 2. The largest absolute Gasteiger partial charge is 0.507 e. The molecule has 0 saturated carbocycles. The summed E-state index contributed by atoms with van der Waals surface area (Å²) in [6.07, 6.45) is 0. The number of thiophene rings is 1. The number of nitrogens with zero attached hydrogens (tertiary/aromatic N) is 1. The van der Waals surface area contributed by atoms with Crippen molar-refractivity contribution in [1.82, 2.24) is 0 Å². The molecule has 32 heavy (non-hydrogen) atoms. The topological polar surface area (TPSA) is 76.1 Å². The molecule has 1 saturated heterocycles. The fourth-order valence-corrected chi connectivity index (χ4v) is 4.99. The molecule has 1 aliphatic rings. The Labute approximate surface area is 194 Å². The average molecular weight is 470 g/mol. The first-order chi connectivity index (χ1) is 15.4. The quantitative estimate of drug-likeness (QED) is 0.309. The first kappa shape index (κ1) is 21.9. The second-order valence-corrected chi connectivity index (χ2v) is 8.57. The number of Topliss-reactive ketones (excluding diaryl/α,β-unsaturated/α-hetero) is 1. The van der Waals surface area contributed by atoms with E-state index in [1.54, 1.807) is 42.5 Å². The van der Waals surface area contributed by atoms with Crippen molar-refractivity contribution in [2.24, 2.45) is 0 Å². The van der Waals surface area contributed by atoms with E-state index in [9.17, 15) is 14.7 Å². The zero-order chi connectivity index (χ0) is 23.0. The van der Waals surface area contributed by atoms with E-state index in [0.717, 1.165) is 10.4 Å². The Kier molecular flexibility index (Phi) is 5.95. The summed E-state index contributed by atoms with van der Waals surface area (Å²) in [7, 11) is 2.96. The smallest absolute Gasteiger partial charge is 0.300 e. The molecular weight excluding hydrogens is 450 g/mol. The van der Waals surface area contributed by atoms with E-state index in [-0.39, 0.29) is 16.9 Å². The van der Waals surface area contributed by atoms with Crippen LogP contribution < -0.4 is 14.4 Å². The highest BCUT2D eigenvalue weighted by Gasteiger charge is 2.48. The second-order valence-electron chi connectivity index (χ2n) is 7.18. The normalized spacial score (nSPS) is 17.6. The summed E-state index contributed by atoms with van der Waals surface area (Å²) in [6, 6.07) is 12.7. The Hall–Kier alpha value is -3.29. The van der Waals surface area contributed by atoms with Gasteiger partial charge in [-0.1, -0.05) is 17.7 Å². The van der Waals surface area contributed by atoms with Gasteiger partial charge in [0.15, 0.2) is 0 Å². The monoisotopic (exact) mass is 469 g/mol. The van der Waals surface area contributed by atoms with E-state index in [1.165, 1.54) is 30.5 Å². The summed E-state index contributed by atoms with van der Waals surface area (Å²) < 4.78 is 10.7. The van der Waals surface area contributed by atoms with Crippen molar-refractivity contribution in [3.8, 4) is 11.5 Å². The predicted octanol–water partition coefficient (Wildman–Crippen LogP) is 5.35. The van der Waals surface area contributed by atoms with E-state index < -0.39 is 17.7 Å². The third-order valence-electron chi connectivity index (χ3n) is 5.34. The Morgan fingerprint density at radius 1 is 1.09 bits per heavy atom. The number of anilines is 1. The van der Waals surface area contributed by atoms with Gasteiger partial charge in [0.1, 0.15) is 23.3 Å². The molecular formula is C24H20ClNO5S. The third-order valence-corrected chi connectivity index (χ3v) is 6.65. The van der Waals surface area contributed by atoms with Crippen LogP contribution in [0.25, 0.3) is 5.76 Å². The molecule has 1 amide bonds. The standard InChI is InChI=1S/C24H20ClNO5S/c1-13-9-10-32-23(13)20-19(21(27)17-12-16(30-2)7-8-18(17)31-3)22(28)24(29)26(20)15-6-4-5-14(25)11-15/h4-12,20,27H,1-3H3/b21-19-. The van der Waals surface area contributed by atoms with Crippen molar-refractivity contribution >= 4 is 46.1 Å². The molecule has 0 spiro atoms. The fraction of sp³-hybridized carbons (Fsp3) is 0.167. The molecule has 1 aliphatic heterocycles. The highest BCUT2D eigenvalue weighted by molar-refractivity contribution is 7.10. The molecule has 6 nitrogen and oxygen atoms in total. The van der Waals surface area contributed by atoms with Crippen LogP contribution in [0.15, 0.2) is 59.5 Å². The lowest BCUT2D eigenvalue weighted by molar-refractivity contribution is -0.132. The van der Waals surface area contributed by atoms with E-state index >= 15 is 0 Å². The van der Waals surface area contributed by atoms with Gasteiger partial charge in [-0.15, -0.1) is 11.3 Å². The molecule has 3 aromatic rings. The first-order valence-corrected chi connectivity index (χ1v) is 11.0. The van der Waals surface area contributed by atoms with Gasteiger partial charge >= 0.3 is 0 Å². The number of hydrogen-bond donors (Lipinski definition) is 1. The molecule has 1 atom stereocenters. The molecule has 0 radical (unpaired) electrons. The van der Waals surface area contributed by atoms with Crippen LogP contribution in [0, 0.1) is 6.92 Å². The maximum absolute atomic E-state index is 13.3. The first-order valence-electron chi connectivity index (χ1n) is 9.70. The summed E-state index contributed by atoms with van der Waals surface area (Å²) in [5, 5.41) is 13.7.